The summed E-state index contributed by atoms with van der Waals surface area (Å²) < 4.78 is 178. The van der Waals surface area contributed by atoms with E-state index in [1.165, 1.54) is 0 Å². The zero-order valence-electron chi connectivity index (χ0n) is 48.6. The molecule has 11 rings (SSSR count). The molecular formula is C53H36P2. The van der Waals surface area contributed by atoms with E-state index >= 15 is 0 Å². The average molecular weight is 755 g/mol. The molecule has 0 N–H and O–H groups in total. The Morgan fingerprint density at radius 3 is 1.31 bits per heavy atom. The van der Waals surface area contributed by atoms with Crippen LogP contribution in [0.3, 0.4) is 0 Å². The number of hydrogen-bond acceptors (Lipinski definition) is 0. The Morgan fingerprint density at radius 1 is 0.345 bits per heavy atom. The van der Waals surface area contributed by atoms with Crippen molar-refractivity contribution in [2.75, 3.05) is 0 Å². The molecule has 2 aliphatic carbocycles. The van der Waals surface area contributed by atoms with Gasteiger partial charge in [-0.1, -0.05) is 206 Å². The van der Waals surface area contributed by atoms with Crippen LogP contribution in [-0.4, -0.2) is 0 Å². The lowest BCUT2D eigenvalue weighted by Gasteiger charge is -2.32. The number of fused-ring (bicyclic) bond motifs is 12. The fourth-order valence-corrected chi connectivity index (χ4v) is 12.2. The second-order valence-electron chi connectivity index (χ2n) is 13.0. The Kier molecular flexibility index (Phi) is 4.34. The van der Waals surface area contributed by atoms with Crippen LogP contribution >= 0.6 is 15.8 Å². The standard InChI is InChI=1S/C53H36P2/c1-5-18-38(19-6-1)54(39-20-7-2-8-21-39)42-30-32-45-46-33-31-43(55(40-22-9-3-10-23-40)41-24-11-4-12-25-41)36-51(46)53(50(45)35-42)48-28-16-15-27-47(48)52-44-26-14-13-17-37(44)29-34-49(52)53/h1-36H/i1D,2D,3D,4D,5D,6D,7D,8D,9D,10D,11D,12D,18D,19D,20D,21D,22D,23D,24D,25D. The van der Waals surface area contributed by atoms with Gasteiger partial charge in [-0.15, -0.1) is 0 Å². The first kappa shape index (κ1) is 18.2. The van der Waals surface area contributed by atoms with Crippen molar-refractivity contribution in [1.29, 1.82) is 0 Å². The van der Waals surface area contributed by atoms with Crippen LogP contribution in [0.4, 0.5) is 0 Å². The molecule has 0 atom stereocenters. The lowest BCUT2D eigenvalue weighted by molar-refractivity contribution is 0.796. The minimum Gasteiger partial charge on any atom is -0.0622 e. The summed E-state index contributed by atoms with van der Waals surface area (Å²) >= 11 is 0. The molecule has 0 saturated heterocycles. The van der Waals surface area contributed by atoms with Crippen LogP contribution in [0.5, 0.6) is 0 Å². The van der Waals surface area contributed by atoms with Crippen molar-refractivity contribution in [2.24, 2.45) is 0 Å². The van der Waals surface area contributed by atoms with Crippen molar-refractivity contribution in [3.05, 3.63) is 240 Å². The summed E-state index contributed by atoms with van der Waals surface area (Å²) in [5, 5.41) is 1.32. The third kappa shape index (κ3) is 4.99. The normalized spacial score (nSPS) is 18.3. The van der Waals surface area contributed by atoms with Crippen LogP contribution in [0.1, 0.15) is 49.7 Å². The third-order valence-electron chi connectivity index (χ3n) is 10.4. The fraction of sp³-hybridized carbons (Fsp3) is 0.0189. The molecule has 0 unspecified atom stereocenters. The highest BCUT2D eigenvalue weighted by atomic mass is 31.1. The first-order chi connectivity index (χ1) is 35.6. The molecule has 55 heavy (non-hydrogen) atoms. The zero-order chi connectivity index (χ0) is 53.8. The van der Waals surface area contributed by atoms with Crippen molar-refractivity contribution in [3.63, 3.8) is 0 Å². The lowest BCUT2D eigenvalue weighted by atomic mass is 9.70. The van der Waals surface area contributed by atoms with E-state index in [0.29, 0.717) is 22.3 Å². The van der Waals surface area contributed by atoms with Crippen LogP contribution in [0.15, 0.2) is 218 Å². The van der Waals surface area contributed by atoms with Crippen molar-refractivity contribution < 1.29 is 27.4 Å². The molecule has 0 heterocycles. The van der Waals surface area contributed by atoms with Crippen LogP contribution in [0, 0.1) is 0 Å². The predicted octanol–water partition coefficient (Wildman–Crippen LogP) is 10.7. The SMILES string of the molecule is [2H]c1c([2H])c([2H])c(P(c2ccc3c(c2)C2(c4cc(P(c5c([2H])c([2H])c([2H])c([2H])c5[2H])c5c([2H])c([2H])c([2H])c([2H])c5[2H])ccc4-3)c3ccccc3-c3c2ccc2ccccc32)c2c([2H])c([2H])c([2H])c([2H])c2[2H])c([2H])c1[2H]. The zero-order valence-corrected chi connectivity index (χ0v) is 30.4. The summed E-state index contributed by atoms with van der Waals surface area (Å²) in [6.07, 6.45) is 0. The molecule has 0 radical (unpaired) electrons. The van der Waals surface area contributed by atoms with Crippen molar-refractivity contribution in [2.45, 2.75) is 5.41 Å². The topological polar surface area (TPSA) is 0 Å². The number of benzene rings is 9. The Morgan fingerprint density at radius 2 is 0.800 bits per heavy atom. The van der Waals surface area contributed by atoms with Gasteiger partial charge in [0.05, 0.1) is 32.8 Å². The molecular weight excluding hydrogens is 699 g/mol. The largest absolute Gasteiger partial charge is 0.0726 e. The monoisotopic (exact) mass is 754 g/mol. The predicted molar refractivity (Wildman–Crippen MR) is 238 cm³/mol. The van der Waals surface area contributed by atoms with Gasteiger partial charge in [-0.25, -0.2) is 0 Å². The molecule has 0 aliphatic heterocycles. The first-order valence-electron chi connectivity index (χ1n) is 27.4. The van der Waals surface area contributed by atoms with E-state index in [0.717, 1.165) is 33.0 Å². The summed E-state index contributed by atoms with van der Waals surface area (Å²) in [5.74, 6) is 0. The molecule has 0 saturated carbocycles. The van der Waals surface area contributed by atoms with E-state index in [-0.39, 0.29) is 31.8 Å². The number of hydrogen-bond donors (Lipinski definition) is 0. The molecule has 0 fully saturated rings. The van der Waals surface area contributed by atoms with E-state index in [2.05, 4.69) is 0 Å². The Hall–Kier alpha value is -5.90. The molecule has 0 aromatic heterocycles. The van der Waals surface area contributed by atoms with E-state index in [1.54, 1.807) is 36.4 Å². The summed E-state index contributed by atoms with van der Waals surface area (Å²) in [6, 6.07) is 17.0. The lowest BCUT2D eigenvalue weighted by Crippen LogP contribution is -2.29. The van der Waals surface area contributed by atoms with E-state index in [1.807, 2.05) is 60.7 Å². The van der Waals surface area contributed by atoms with E-state index in [4.69, 9.17) is 16.4 Å². The van der Waals surface area contributed by atoms with Gasteiger partial charge in [0.2, 0.25) is 0 Å². The quantitative estimate of drug-likeness (QED) is 0.148. The van der Waals surface area contributed by atoms with Crippen LogP contribution in [0.25, 0.3) is 33.0 Å². The Balaban J connectivity index is 1.30. The average Bonchev–Trinajstić information content (AvgIpc) is 4.02. The third-order valence-corrected chi connectivity index (χ3v) is 14.7. The summed E-state index contributed by atoms with van der Waals surface area (Å²) in [7, 11) is -5.17. The smallest absolute Gasteiger partial charge is 0.0622 e. The highest BCUT2D eigenvalue weighted by Crippen LogP contribution is 2.64. The van der Waals surface area contributed by atoms with Crippen molar-refractivity contribution in [1.82, 2.24) is 0 Å². The van der Waals surface area contributed by atoms with Gasteiger partial charge in [0, 0.05) is 0 Å². The second-order valence-corrected chi connectivity index (χ2v) is 17.2. The van der Waals surface area contributed by atoms with Gasteiger partial charge in [0.15, 0.2) is 0 Å². The van der Waals surface area contributed by atoms with E-state index < -0.39 is 142 Å². The van der Waals surface area contributed by atoms with Crippen LogP contribution < -0.4 is 31.8 Å². The van der Waals surface area contributed by atoms with Crippen molar-refractivity contribution in [3.8, 4) is 22.3 Å². The summed E-state index contributed by atoms with van der Waals surface area (Å²) in [6.45, 7) is 0. The highest BCUT2D eigenvalue weighted by Gasteiger charge is 2.52. The summed E-state index contributed by atoms with van der Waals surface area (Å²) in [4.78, 5) is 0. The number of rotatable bonds is 6. The van der Waals surface area contributed by atoms with Crippen LogP contribution in [0.2, 0.25) is 0 Å². The fourth-order valence-electron chi connectivity index (χ4n) is 8.37. The Labute approximate surface area is 353 Å². The van der Waals surface area contributed by atoms with Gasteiger partial charge >= 0.3 is 0 Å². The molecule has 0 nitrogen and oxygen atoms in total. The first-order valence-corrected chi connectivity index (χ1v) is 20.1. The molecule has 258 valence electrons. The van der Waals surface area contributed by atoms with Gasteiger partial charge in [0.1, 0.15) is 0 Å². The van der Waals surface area contributed by atoms with Gasteiger partial charge in [-0.3, -0.25) is 0 Å². The minimum absolute atomic E-state index is 0.262. The maximum absolute atomic E-state index is 9.26. The molecule has 2 aliphatic rings. The molecule has 2 heteroatoms. The molecule has 9 aromatic rings. The van der Waals surface area contributed by atoms with Gasteiger partial charge in [0.25, 0.3) is 0 Å². The second kappa shape index (κ2) is 13.1. The maximum Gasteiger partial charge on any atom is 0.0726 e. The maximum atomic E-state index is 9.26. The highest BCUT2D eigenvalue weighted by molar-refractivity contribution is 7.80. The molecule has 9 aromatic carbocycles. The van der Waals surface area contributed by atoms with E-state index in [9.17, 15) is 11.0 Å². The van der Waals surface area contributed by atoms with Gasteiger partial charge < -0.3 is 0 Å². The van der Waals surface area contributed by atoms with Gasteiger partial charge in [-0.2, -0.15) is 0 Å². The molecule has 0 bridgehead atoms. The Bertz CT molecular complexity index is 3610. The summed E-state index contributed by atoms with van der Waals surface area (Å²) in [5.41, 5.74) is 4.33. The minimum atomic E-state index is -2.58. The van der Waals surface area contributed by atoms with Crippen molar-refractivity contribution >= 4 is 58.4 Å². The molecule has 1 spiro atoms. The van der Waals surface area contributed by atoms with Gasteiger partial charge in [-0.05, 0) is 115 Å². The molecule has 0 amide bonds. The van der Waals surface area contributed by atoms with Crippen LogP contribution in [-0.2, 0) is 5.41 Å².